The van der Waals surface area contributed by atoms with E-state index in [2.05, 4.69) is 70.2 Å². The van der Waals surface area contributed by atoms with Gasteiger partial charge in [0.25, 0.3) is 0 Å². The van der Waals surface area contributed by atoms with Crippen LogP contribution in [0.15, 0.2) is 150 Å². The van der Waals surface area contributed by atoms with Crippen LogP contribution in [0.3, 0.4) is 0 Å². The molecule has 0 fully saturated rings. The molecule has 260 valence electrons. The van der Waals surface area contributed by atoms with Gasteiger partial charge in [-0.3, -0.25) is 0 Å². The van der Waals surface area contributed by atoms with E-state index in [9.17, 15) is 0 Å². The molecule has 0 spiro atoms. The Morgan fingerprint density at radius 3 is 2.17 bits per heavy atom. The van der Waals surface area contributed by atoms with Crippen LogP contribution in [0.5, 0.6) is 0 Å². The summed E-state index contributed by atoms with van der Waals surface area (Å²) in [5.41, 5.74) is 7.99. The fourth-order valence-corrected chi connectivity index (χ4v) is 6.88. The largest absolute Gasteiger partial charge is 3.00 e. The van der Waals surface area contributed by atoms with E-state index < -0.39 is 5.82 Å². The van der Waals surface area contributed by atoms with Crippen LogP contribution in [-0.4, -0.2) is 4.98 Å². The number of pyridine rings is 2. The third kappa shape index (κ3) is 6.59. The van der Waals surface area contributed by atoms with Crippen LogP contribution in [-0.2, 0) is 25.5 Å². The minimum Gasteiger partial charge on any atom is -0.500 e. The minimum atomic E-state index is -0.422. The Morgan fingerprint density at radius 2 is 1.43 bits per heavy atom. The van der Waals surface area contributed by atoms with Gasteiger partial charge in [-0.2, -0.15) is 18.6 Å². The first-order chi connectivity index (χ1) is 25.6. The smallest absolute Gasteiger partial charge is 0.500 e. The number of hydrogen-bond acceptors (Lipinski definition) is 2. The predicted octanol–water partition coefficient (Wildman–Crippen LogP) is 12.3. The van der Waals surface area contributed by atoms with Crippen molar-refractivity contribution in [1.82, 2.24) is 4.98 Å². The fraction of sp³-hybridized carbons (Fsp3) is 0.0833. The molecule has 9 rings (SSSR count). The molecule has 6 aromatic carbocycles. The summed E-state index contributed by atoms with van der Waals surface area (Å²) < 4.78 is 33.2. The van der Waals surface area contributed by atoms with Crippen LogP contribution in [0.25, 0.3) is 77.1 Å². The van der Waals surface area contributed by atoms with Gasteiger partial charge in [-0.25, -0.2) is 4.39 Å². The third-order valence-corrected chi connectivity index (χ3v) is 9.58. The zero-order valence-corrected chi connectivity index (χ0v) is 32.1. The Labute approximate surface area is 324 Å². The van der Waals surface area contributed by atoms with E-state index in [1.165, 1.54) is 11.6 Å². The zero-order chi connectivity index (χ0) is 36.9. The van der Waals surface area contributed by atoms with Crippen molar-refractivity contribution in [3.63, 3.8) is 0 Å². The molecule has 0 atom stereocenters. The zero-order valence-electron chi connectivity index (χ0n) is 30.7. The van der Waals surface area contributed by atoms with E-state index in [0.717, 1.165) is 60.4 Å². The standard InChI is InChI=1S/C31H17FNO.C17H20N.Ir/c32-27-16-15-24-23-12-7-13-25(28-14-5-6-17-33-28)30(23)34-31(24)29(27)26-18-19-8-1-2-9-20(19)21-10-3-4-11-22(21)26;1-13-8-6-7-9-15(13)16-11-10-14(12-18(16)5)17(2,3)4;/h1-12,14-18H;6-12H,1,5H2,2-4H3;/q2*-1;+3/i18D;;. The molecule has 0 radical (unpaired) electrons. The molecule has 0 aliphatic rings. The molecule has 3 heterocycles. The summed E-state index contributed by atoms with van der Waals surface area (Å²) in [6, 6.07) is 44.2. The van der Waals surface area contributed by atoms with E-state index in [4.69, 9.17) is 5.79 Å². The van der Waals surface area contributed by atoms with E-state index >= 15 is 4.39 Å². The van der Waals surface area contributed by atoms with Crippen LogP contribution in [0.4, 0.5) is 4.39 Å². The second kappa shape index (κ2) is 14.4. The van der Waals surface area contributed by atoms with E-state index in [-0.39, 0.29) is 31.6 Å². The Morgan fingerprint density at radius 1 is 0.736 bits per heavy atom. The maximum atomic E-state index is 15.7. The summed E-state index contributed by atoms with van der Waals surface area (Å²) in [5.74, 6) is -0.422. The van der Waals surface area contributed by atoms with Crippen molar-refractivity contribution >= 4 is 43.5 Å². The summed E-state index contributed by atoms with van der Waals surface area (Å²) in [5, 5.41) is 5.19. The number of halogens is 1. The molecule has 0 amide bonds. The Balaban J connectivity index is 0.000000201. The average Bonchev–Trinajstić information content (AvgIpc) is 3.55. The van der Waals surface area contributed by atoms with E-state index in [0.29, 0.717) is 22.3 Å². The third-order valence-electron chi connectivity index (χ3n) is 9.58. The van der Waals surface area contributed by atoms with Crippen molar-refractivity contribution in [2.24, 2.45) is 0 Å². The SMILES string of the molecule is [2H]c1c(-c2c(F)ccc3c2oc2c(-c4ccccn4)[c-]ccc23)c2ccccc2c2ccccc12.[CH2-]c1ccccc1-c1ccc(C(C)(C)C)c[n+]1[CH2-].[Ir+3]. The quantitative estimate of drug-likeness (QED) is 0.101. The number of hydrogen-bond donors (Lipinski definition) is 0. The number of nitrogens with zero attached hydrogens (tertiary/aromatic N) is 2. The van der Waals surface area contributed by atoms with Crippen molar-refractivity contribution in [1.29, 1.82) is 0 Å². The van der Waals surface area contributed by atoms with E-state index in [1.54, 1.807) is 12.3 Å². The fourth-order valence-electron chi connectivity index (χ4n) is 6.88. The normalized spacial score (nSPS) is 11.7. The van der Waals surface area contributed by atoms with Gasteiger partial charge in [-0.1, -0.05) is 111 Å². The summed E-state index contributed by atoms with van der Waals surface area (Å²) in [6.07, 6.45) is 3.82. The molecule has 0 saturated carbocycles. The molecule has 0 aliphatic carbocycles. The van der Waals surface area contributed by atoms with Gasteiger partial charge in [-0.15, -0.1) is 35.9 Å². The van der Waals surface area contributed by atoms with Crippen LogP contribution in [0.2, 0.25) is 0 Å². The number of furan rings is 1. The Bertz CT molecular complexity index is 2820. The second-order valence-corrected chi connectivity index (χ2v) is 14.0. The van der Waals surface area contributed by atoms with Crippen LogP contribution >= 0.6 is 0 Å². The number of fused-ring (bicyclic) bond motifs is 6. The van der Waals surface area contributed by atoms with Crippen LogP contribution < -0.4 is 4.57 Å². The first-order valence-electron chi connectivity index (χ1n) is 17.8. The Kier molecular flexibility index (Phi) is 9.30. The van der Waals surface area contributed by atoms with Gasteiger partial charge in [0.1, 0.15) is 11.4 Å². The van der Waals surface area contributed by atoms with Crippen molar-refractivity contribution in [3.05, 3.63) is 183 Å². The summed E-state index contributed by atoms with van der Waals surface area (Å²) in [4.78, 5) is 4.46. The average molecular weight is 870 g/mol. The first-order valence-corrected chi connectivity index (χ1v) is 17.3. The molecule has 53 heavy (non-hydrogen) atoms. The topological polar surface area (TPSA) is 29.9 Å². The van der Waals surface area contributed by atoms with Crippen molar-refractivity contribution < 1.29 is 34.9 Å². The molecule has 0 bridgehead atoms. The molecular formula is C48H37FIrN2O+. The molecule has 0 unspecified atom stereocenters. The maximum absolute atomic E-state index is 15.7. The maximum Gasteiger partial charge on any atom is 3.00 e. The monoisotopic (exact) mass is 870 g/mol. The summed E-state index contributed by atoms with van der Waals surface area (Å²) >= 11 is 0. The summed E-state index contributed by atoms with van der Waals surface area (Å²) in [6.45, 7) is 10.7. The van der Waals surface area contributed by atoms with Gasteiger partial charge < -0.3 is 14.0 Å². The molecule has 0 N–H and O–H groups in total. The summed E-state index contributed by atoms with van der Waals surface area (Å²) in [7, 11) is 4.10. The number of aromatic nitrogens is 2. The molecule has 9 aromatic rings. The van der Waals surface area contributed by atoms with Gasteiger partial charge in [0.2, 0.25) is 0 Å². The molecule has 3 aromatic heterocycles. The van der Waals surface area contributed by atoms with Gasteiger partial charge in [0.15, 0.2) is 0 Å². The second-order valence-electron chi connectivity index (χ2n) is 14.0. The predicted molar refractivity (Wildman–Crippen MR) is 212 cm³/mol. The van der Waals surface area contributed by atoms with E-state index in [1.807, 2.05) is 102 Å². The van der Waals surface area contributed by atoms with Crippen molar-refractivity contribution in [3.8, 4) is 33.6 Å². The molecule has 3 nitrogen and oxygen atoms in total. The van der Waals surface area contributed by atoms with Gasteiger partial charge in [0, 0.05) is 18.6 Å². The van der Waals surface area contributed by atoms with Crippen LogP contribution in [0.1, 0.15) is 33.3 Å². The van der Waals surface area contributed by atoms with Crippen LogP contribution in [0, 0.1) is 25.9 Å². The minimum absolute atomic E-state index is 0. The van der Waals surface area contributed by atoms with Gasteiger partial charge >= 0.3 is 20.1 Å². The van der Waals surface area contributed by atoms with Gasteiger partial charge in [0.05, 0.1) is 24.4 Å². The Hall–Kier alpha value is -5.74. The number of rotatable bonds is 3. The van der Waals surface area contributed by atoms with Crippen molar-refractivity contribution in [2.75, 3.05) is 0 Å². The molecular weight excluding hydrogens is 832 g/mol. The number of benzene rings is 6. The first kappa shape index (κ1) is 34.4. The molecule has 0 aliphatic heterocycles. The molecule has 5 heteroatoms. The van der Waals surface area contributed by atoms with Crippen molar-refractivity contribution in [2.45, 2.75) is 26.2 Å². The molecule has 0 saturated heterocycles. The van der Waals surface area contributed by atoms with Gasteiger partial charge in [-0.05, 0) is 68.0 Å².